The molecule has 1 aliphatic rings. The van der Waals surface area contributed by atoms with Gasteiger partial charge in [-0.15, -0.1) is 0 Å². The number of likely N-dealkylation sites (tertiary alicyclic amines) is 1. The largest absolute Gasteiger partial charge is 0.323 e. The third kappa shape index (κ3) is 3.59. The van der Waals surface area contributed by atoms with Crippen molar-refractivity contribution < 1.29 is 4.79 Å². The number of carbonyl (C=O) groups excluding carboxylic acids is 1. The first-order chi connectivity index (χ1) is 12.8. The van der Waals surface area contributed by atoms with Crippen molar-refractivity contribution in [3.63, 3.8) is 0 Å². The molecular weight excluding hydrogens is 326 g/mol. The molecule has 1 fully saturated rings. The van der Waals surface area contributed by atoms with Crippen LogP contribution in [-0.2, 0) is 6.54 Å². The SMILES string of the molecule is O=C(Nc1ccn(Cc2ccccc2)n1)N1CCCC1c1ccncc1. The van der Waals surface area contributed by atoms with E-state index in [0.29, 0.717) is 12.4 Å². The van der Waals surface area contributed by atoms with E-state index in [-0.39, 0.29) is 12.1 Å². The van der Waals surface area contributed by atoms with Crippen molar-refractivity contribution in [3.8, 4) is 0 Å². The topological polar surface area (TPSA) is 63.1 Å². The monoisotopic (exact) mass is 347 g/mol. The molecule has 6 nitrogen and oxygen atoms in total. The molecule has 132 valence electrons. The number of aromatic nitrogens is 3. The Morgan fingerprint density at radius 1 is 1.12 bits per heavy atom. The summed E-state index contributed by atoms with van der Waals surface area (Å²) in [7, 11) is 0. The maximum absolute atomic E-state index is 12.7. The van der Waals surface area contributed by atoms with Crippen molar-refractivity contribution in [2.45, 2.75) is 25.4 Å². The van der Waals surface area contributed by atoms with Crippen LogP contribution in [0.4, 0.5) is 10.6 Å². The van der Waals surface area contributed by atoms with E-state index in [1.54, 1.807) is 12.4 Å². The second kappa shape index (κ2) is 7.39. The number of hydrogen-bond acceptors (Lipinski definition) is 3. The van der Waals surface area contributed by atoms with Crippen LogP contribution in [-0.4, -0.2) is 32.2 Å². The minimum atomic E-state index is -0.103. The molecule has 0 saturated carbocycles. The Bertz CT molecular complexity index is 862. The Hall–Kier alpha value is -3.15. The molecule has 0 radical (unpaired) electrons. The quantitative estimate of drug-likeness (QED) is 0.783. The fraction of sp³-hybridized carbons (Fsp3) is 0.250. The maximum Gasteiger partial charge on any atom is 0.323 e. The number of hydrogen-bond donors (Lipinski definition) is 1. The lowest BCUT2D eigenvalue weighted by molar-refractivity contribution is 0.207. The summed E-state index contributed by atoms with van der Waals surface area (Å²) in [5.74, 6) is 0.575. The molecule has 4 rings (SSSR count). The smallest absolute Gasteiger partial charge is 0.317 e. The Morgan fingerprint density at radius 3 is 2.73 bits per heavy atom. The highest BCUT2D eigenvalue weighted by Crippen LogP contribution is 2.31. The van der Waals surface area contributed by atoms with E-state index >= 15 is 0 Å². The van der Waals surface area contributed by atoms with Gasteiger partial charge in [-0.25, -0.2) is 4.79 Å². The van der Waals surface area contributed by atoms with Gasteiger partial charge >= 0.3 is 6.03 Å². The Morgan fingerprint density at radius 2 is 1.92 bits per heavy atom. The summed E-state index contributed by atoms with van der Waals surface area (Å²) < 4.78 is 1.83. The minimum Gasteiger partial charge on any atom is -0.317 e. The second-order valence-corrected chi connectivity index (χ2v) is 6.45. The zero-order valence-corrected chi connectivity index (χ0v) is 14.5. The van der Waals surface area contributed by atoms with Crippen LogP contribution in [0.2, 0.25) is 0 Å². The number of amides is 2. The summed E-state index contributed by atoms with van der Waals surface area (Å²) in [6, 6.07) is 15.9. The molecule has 26 heavy (non-hydrogen) atoms. The molecule has 0 bridgehead atoms. The first-order valence-electron chi connectivity index (χ1n) is 8.84. The van der Waals surface area contributed by atoms with E-state index in [1.165, 1.54) is 5.56 Å². The van der Waals surface area contributed by atoms with Gasteiger partial charge in [-0.3, -0.25) is 15.0 Å². The van der Waals surface area contributed by atoms with Crippen LogP contribution in [0.5, 0.6) is 0 Å². The maximum atomic E-state index is 12.7. The van der Waals surface area contributed by atoms with Gasteiger partial charge in [0.05, 0.1) is 12.6 Å². The zero-order chi connectivity index (χ0) is 17.8. The molecule has 2 aromatic heterocycles. The summed E-state index contributed by atoms with van der Waals surface area (Å²) in [5.41, 5.74) is 2.30. The number of carbonyl (C=O) groups is 1. The van der Waals surface area contributed by atoms with Crippen LogP contribution >= 0.6 is 0 Å². The number of nitrogens with one attached hydrogen (secondary N) is 1. The van der Waals surface area contributed by atoms with Crippen molar-refractivity contribution >= 4 is 11.8 Å². The van der Waals surface area contributed by atoms with E-state index in [1.807, 2.05) is 52.2 Å². The molecule has 1 aliphatic heterocycles. The molecule has 2 amide bonds. The molecule has 1 saturated heterocycles. The van der Waals surface area contributed by atoms with Gasteiger partial charge in [-0.2, -0.15) is 5.10 Å². The first-order valence-corrected chi connectivity index (χ1v) is 8.84. The third-order valence-corrected chi connectivity index (χ3v) is 4.67. The van der Waals surface area contributed by atoms with E-state index in [9.17, 15) is 4.79 Å². The average Bonchev–Trinajstić information content (AvgIpc) is 3.33. The Kier molecular flexibility index (Phi) is 4.64. The van der Waals surface area contributed by atoms with Crippen LogP contribution < -0.4 is 5.32 Å². The van der Waals surface area contributed by atoms with E-state index in [0.717, 1.165) is 24.9 Å². The summed E-state index contributed by atoms with van der Waals surface area (Å²) >= 11 is 0. The van der Waals surface area contributed by atoms with Crippen LogP contribution in [0.1, 0.15) is 30.0 Å². The normalized spacial score (nSPS) is 16.6. The number of anilines is 1. The number of pyridine rings is 1. The fourth-order valence-electron chi connectivity index (χ4n) is 3.41. The van der Waals surface area contributed by atoms with Gasteiger partial charge in [-0.1, -0.05) is 30.3 Å². The van der Waals surface area contributed by atoms with Gasteiger partial charge in [0.15, 0.2) is 5.82 Å². The molecule has 0 aliphatic carbocycles. The van der Waals surface area contributed by atoms with Crippen molar-refractivity contribution in [2.24, 2.45) is 0 Å². The summed E-state index contributed by atoms with van der Waals surface area (Å²) in [5, 5.41) is 7.39. The van der Waals surface area contributed by atoms with Gasteiger partial charge in [-0.05, 0) is 36.1 Å². The molecule has 0 spiro atoms. The Labute approximate surface area is 152 Å². The van der Waals surface area contributed by atoms with Gasteiger partial charge < -0.3 is 4.90 Å². The van der Waals surface area contributed by atoms with Crippen molar-refractivity contribution in [1.29, 1.82) is 0 Å². The lowest BCUT2D eigenvalue weighted by Crippen LogP contribution is -2.34. The van der Waals surface area contributed by atoms with Gasteiger partial charge in [0.1, 0.15) is 0 Å². The van der Waals surface area contributed by atoms with Gasteiger partial charge in [0.25, 0.3) is 0 Å². The van der Waals surface area contributed by atoms with Crippen LogP contribution in [0, 0.1) is 0 Å². The van der Waals surface area contributed by atoms with Gasteiger partial charge in [0, 0.05) is 31.2 Å². The van der Waals surface area contributed by atoms with Crippen LogP contribution in [0.25, 0.3) is 0 Å². The molecule has 3 aromatic rings. The summed E-state index contributed by atoms with van der Waals surface area (Å²) in [6.07, 6.45) is 7.40. The molecule has 1 N–H and O–H groups in total. The molecular formula is C20H21N5O. The molecule has 6 heteroatoms. The lowest BCUT2D eigenvalue weighted by atomic mass is 10.1. The second-order valence-electron chi connectivity index (χ2n) is 6.45. The third-order valence-electron chi connectivity index (χ3n) is 4.67. The average molecular weight is 347 g/mol. The number of benzene rings is 1. The van der Waals surface area contributed by atoms with Crippen LogP contribution in [0.3, 0.4) is 0 Å². The van der Waals surface area contributed by atoms with Crippen molar-refractivity contribution in [2.75, 3.05) is 11.9 Å². The van der Waals surface area contributed by atoms with Crippen molar-refractivity contribution in [1.82, 2.24) is 19.7 Å². The van der Waals surface area contributed by atoms with Crippen LogP contribution in [0.15, 0.2) is 67.1 Å². The molecule has 1 aromatic carbocycles. The highest BCUT2D eigenvalue weighted by atomic mass is 16.2. The number of nitrogens with zero attached hydrogens (tertiary/aromatic N) is 4. The molecule has 3 heterocycles. The highest BCUT2D eigenvalue weighted by molar-refractivity contribution is 5.88. The minimum absolute atomic E-state index is 0.101. The number of rotatable bonds is 4. The van der Waals surface area contributed by atoms with Gasteiger partial charge in [0.2, 0.25) is 0 Å². The predicted molar refractivity (Wildman–Crippen MR) is 99.7 cm³/mol. The Balaban J connectivity index is 1.42. The zero-order valence-electron chi connectivity index (χ0n) is 14.5. The number of urea groups is 1. The lowest BCUT2D eigenvalue weighted by Gasteiger charge is -2.24. The van der Waals surface area contributed by atoms with Crippen molar-refractivity contribution in [3.05, 3.63) is 78.2 Å². The van der Waals surface area contributed by atoms with E-state index < -0.39 is 0 Å². The predicted octanol–water partition coefficient (Wildman–Crippen LogP) is 3.70. The highest BCUT2D eigenvalue weighted by Gasteiger charge is 2.30. The first kappa shape index (κ1) is 16.3. The summed E-state index contributed by atoms with van der Waals surface area (Å²) in [6.45, 7) is 1.43. The summed E-state index contributed by atoms with van der Waals surface area (Å²) in [4.78, 5) is 18.7. The molecule has 1 unspecified atom stereocenters. The van der Waals surface area contributed by atoms with E-state index in [4.69, 9.17) is 0 Å². The van der Waals surface area contributed by atoms with E-state index in [2.05, 4.69) is 27.5 Å². The fourth-order valence-corrected chi connectivity index (χ4v) is 3.41. The standard InChI is InChI=1S/C20H21N5O/c26-20(25-13-4-7-18(25)17-8-11-21-12-9-17)22-19-10-14-24(23-19)15-16-5-2-1-3-6-16/h1-3,5-6,8-12,14,18H,4,7,13,15H2,(H,22,23,26). The molecule has 1 atom stereocenters.